The second-order valence-electron chi connectivity index (χ2n) is 10.8. The smallest absolute Gasteiger partial charge is 0.313 e. The van der Waals surface area contributed by atoms with Crippen molar-refractivity contribution in [3.63, 3.8) is 0 Å². The first-order chi connectivity index (χ1) is 19.4. The number of aliphatic carboxylic acids is 1. The summed E-state index contributed by atoms with van der Waals surface area (Å²) in [6.45, 7) is 2.41. The van der Waals surface area contributed by atoms with Crippen molar-refractivity contribution >= 4 is 23.5 Å². The van der Waals surface area contributed by atoms with Gasteiger partial charge >= 0.3 is 5.97 Å². The van der Waals surface area contributed by atoms with E-state index in [1.165, 1.54) is 5.56 Å². The van der Waals surface area contributed by atoms with Crippen molar-refractivity contribution in [1.82, 2.24) is 5.32 Å². The van der Waals surface area contributed by atoms with E-state index in [9.17, 15) is 19.5 Å². The van der Waals surface area contributed by atoms with Gasteiger partial charge in [-0.1, -0.05) is 36.4 Å². The van der Waals surface area contributed by atoms with Gasteiger partial charge < -0.3 is 19.9 Å². The Bertz CT molecular complexity index is 1440. The molecule has 1 fully saturated rings. The monoisotopic (exact) mass is 540 g/mol. The Balaban J connectivity index is 1.36. The number of ether oxygens (including phenoxy) is 2. The molecule has 2 heterocycles. The third-order valence-corrected chi connectivity index (χ3v) is 8.29. The van der Waals surface area contributed by atoms with Crippen molar-refractivity contribution in [3.05, 3.63) is 89.0 Å². The molecule has 3 aromatic carbocycles. The number of hydrogen-bond acceptors (Lipinski definition) is 5. The number of benzene rings is 3. The highest BCUT2D eigenvalue weighted by Gasteiger charge is 2.45. The van der Waals surface area contributed by atoms with Crippen molar-refractivity contribution < 1.29 is 29.0 Å². The maximum absolute atomic E-state index is 14.0. The van der Waals surface area contributed by atoms with Gasteiger partial charge in [-0.3, -0.25) is 19.3 Å². The largest absolute Gasteiger partial charge is 0.486 e. The molecule has 3 aromatic rings. The number of anilines is 1. The average molecular weight is 541 g/mol. The molecule has 3 aliphatic rings. The fraction of sp³-hybridized carbons (Fsp3) is 0.344. The molecule has 1 saturated carbocycles. The number of carbonyl (C=O) groups is 3. The first-order valence-electron chi connectivity index (χ1n) is 13.8. The van der Waals surface area contributed by atoms with E-state index in [2.05, 4.69) is 5.32 Å². The van der Waals surface area contributed by atoms with Crippen LogP contribution in [-0.4, -0.2) is 42.1 Å². The summed E-state index contributed by atoms with van der Waals surface area (Å²) in [6, 6.07) is 19.7. The third-order valence-electron chi connectivity index (χ3n) is 8.29. The Morgan fingerprint density at radius 3 is 2.25 bits per heavy atom. The predicted octanol–water partition coefficient (Wildman–Crippen LogP) is 5.19. The van der Waals surface area contributed by atoms with E-state index in [0.29, 0.717) is 53.0 Å². The summed E-state index contributed by atoms with van der Waals surface area (Å²) in [7, 11) is 0. The Labute approximate surface area is 232 Å². The lowest BCUT2D eigenvalue weighted by Crippen LogP contribution is -2.45. The van der Waals surface area contributed by atoms with E-state index >= 15 is 0 Å². The molecule has 0 spiro atoms. The number of amides is 2. The standard InChI is InChI=1S/C32H32N2O6/c1-19(35)33-23-11-6-20(7-12-23)21-8-13-24(14-9-21)34-30(22-10-15-27-28(18-22)40-17-16-39-27)29(32(37)38)25-4-2-3-5-26(25)31(34)36/h2-5,8-10,13-15,18,20,23,29-30H,6-7,11-12,16-17H2,1H3,(H,33,35)(H,37,38)/t20-,23+,29-,30+/m0/s1. The zero-order chi connectivity index (χ0) is 27.8. The highest BCUT2D eigenvalue weighted by Crippen LogP contribution is 2.47. The summed E-state index contributed by atoms with van der Waals surface area (Å²) in [4.78, 5) is 39.9. The van der Waals surface area contributed by atoms with Crippen molar-refractivity contribution in [2.24, 2.45) is 0 Å². The zero-order valence-corrected chi connectivity index (χ0v) is 22.3. The molecule has 2 atom stereocenters. The maximum atomic E-state index is 14.0. The summed E-state index contributed by atoms with van der Waals surface area (Å²) in [5.41, 5.74) is 3.38. The number of carboxylic acid groups (broad SMARTS) is 1. The molecule has 1 aliphatic carbocycles. The molecule has 2 N–H and O–H groups in total. The van der Waals surface area contributed by atoms with Gasteiger partial charge in [0.05, 0.1) is 6.04 Å². The zero-order valence-electron chi connectivity index (χ0n) is 22.3. The summed E-state index contributed by atoms with van der Waals surface area (Å²) >= 11 is 0. The lowest BCUT2D eigenvalue weighted by Gasteiger charge is -2.41. The summed E-state index contributed by atoms with van der Waals surface area (Å²) < 4.78 is 11.5. The van der Waals surface area contributed by atoms with Gasteiger partial charge in [0.25, 0.3) is 5.91 Å². The van der Waals surface area contributed by atoms with Crippen molar-refractivity contribution in [2.45, 2.75) is 56.5 Å². The maximum Gasteiger partial charge on any atom is 0.313 e. The van der Waals surface area contributed by atoms with E-state index in [4.69, 9.17) is 9.47 Å². The van der Waals surface area contributed by atoms with E-state index in [1.54, 1.807) is 48.2 Å². The second kappa shape index (κ2) is 10.7. The molecular weight excluding hydrogens is 508 g/mol. The number of fused-ring (bicyclic) bond motifs is 2. The molecule has 8 nitrogen and oxygen atoms in total. The van der Waals surface area contributed by atoms with Gasteiger partial charge in [0.15, 0.2) is 11.5 Å². The number of carbonyl (C=O) groups excluding carboxylic acids is 2. The highest BCUT2D eigenvalue weighted by molar-refractivity contribution is 6.11. The van der Waals surface area contributed by atoms with Crippen LogP contribution in [-0.2, 0) is 9.59 Å². The molecule has 206 valence electrons. The second-order valence-corrected chi connectivity index (χ2v) is 10.8. The molecule has 0 saturated heterocycles. The Morgan fingerprint density at radius 2 is 1.55 bits per heavy atom. The van der Waals surface area contributed by atoms with E-state index < -0.39 is 17.9 Å². The van der Waals surface area contributed by atoms with Gasteiger partial charge in [-0.25, -0.2) is 0 Å². The molecule has 8 heteroatoms. The topological polar surface area (TPSA) is 105 Å². The van der Waals surface area contributed by atoms with E-state index in [0.717, 1.165) is 25.7 Å². The number of rotatable bonds is 5. The van der Waals surface area contributed by atoms with Crippen LogP contribution in [0, 0.1) is 0 Å². The van der Waals surface area contributed by atoms with Crippen molar-refractivity contribution in [1.29, 1.82) is 0 Å². The summed E-state index contributed by atoms with van der Waals surface area (Å²) in [5, 5.41) is 13.5. The number of hydrogen-bond donors (Lipinski definition) is 2. The molecular formula is C32H32N2O6. The van der Waals surface area contributed by atoms with Crippen LogP contribution in [0.5, 0.6) is 11.5 Å². The molecule has 0 aromatic heterocycles. The van der Waals surface area contributed by atoms with Crippen LogP contribution < -0.4 is 19.7 Å². The quantitative estimate of drug-likeness (QED) is 0.462. The number of nitrogens with zero attached hydrogens (tertiary/aromatic N) is 1. The molecule has 0 unspecified atom stereocenters. The lowest BCUT2D eigenvalue weighted by atomic mass is 9.79. The van der Waals surface area contributed by atoms with Gasteiger partial charge in [0.1, 0.15) is 19.1 Å². The van der Waals surface area contributed by atoms with Crippen LogP contribution >= 0.6 is 0 Å². The molecule has 40 heavy (non-hydrogen) atoms. The first kappa shape index (κ1) is 25.9. The summed E-state index contributed by atoms with van der Waals surface area (Å²) in [5.74, 6) is -0.683. The fourth-order valence-electron chi connectivity index (χ4n) is 6.44. The van der Waals surface area contributed by atoms with Gasteiger partial charge in [0.2, 0.25) is 5.91 Å². The fourth-order valence-corrected chi connectivity index (χ4v) is 6.44. The molecule has 6 rings (SSSR count). The van der Waals surface area contributed by atoms with Crippen molar-refractivity contribution in [3.8, 4) is 11.5 Å². The van der Waals surface area contributed by atoms with Gasteiger partial charge in [-0.2, -0.15) is 0 Å². The Kier molecular flexibility index (Phi) is 6.92. The molecule has 0 bridgehead atoms. The van der Waals surface area contributed by atoms with E-state index in [-0.39, 0.29) is 17.9 Å². The Morgan fingerprint density at radius 1 is 0.875 bits per heavy atom. The van der Waals surface area contributed by atoms with Crippen molar-refractivity contribution in [2.75, 3.05) is 18.1 Å². The summed E-state index contributed by atoms with van der Waals surface area (Å²) in [6.07, 6.45) is 3.81. The minimum atomic E-state index is -1.00. The van der Waals surface area contributed by atoms with Crippen LogP contribution in [0.3, 0.4) is 0 Å². The minimum Gasteiger partial charge on any atom is -0.486 e. The molecule has 2 aliphatic heterocycles. The van der Waals surface area contributed by atoms with Crippen LogP contribution in [0.25, 0.3) is 0 Å². The number of carboxylic acids is 1. The average Bonchev–Trinajstić information content (AvgIpc) is 2.97. The van der Waals surface area contributed by atoms with Crippen LogP contribution in [0.15, 0.2) is 66.7 Å². The highest BCUT2D eigenvalue weighted by atomic mass is 16.6. The van der Waals surface area contributed by atoms with Gasteiger partial charge in [0, 0.05) is 24.2 Å². The predicted molar refractivity (Wildman–Crippen MR) is 149 cm³/mol. The number of nitrogens with one attached hydrogen (secondary N) is 1. The normalized spacial score (nSPS) is 23.7. The Hall–Kier alpha value is -4.33. The van der Waals surface area contributed by atoms with Crippen LogP contribution in [0.2, 0.25) is 0 Å². The third kappa shape index (κ3) is 4.78. The van der Waals surface area contributed by atoms with Crippen LogP contribution in [0.1, 0.15) is 77.5 Å². The SMILES string of the molecule is CC(=O)N[C@H]1CC[C@@H](c2ccc(N3C(=O)c4ccccc4[C@H](C(=O)O)[C@H]3c3ccc4c(c3)OCCO4)cc2)CC1. The van der Waals surface area contributed by atoms with Gasteiger partial charge in [-0.15, -0.1) is 0 Å². The first-order valence-corrected chi connectivity index (χ1v) is 13.8. The van der Waals surface area contributed by atoms with Gasteiger partial charge in [-0.05, 0) is 78.6 Å². The van der Waals surface area contributed by atoms with Crippen LogP contribution in [0.4, 0.5) is 5.69 Å². The molecule has 0 radical (unpaired) electrons. The lowest BCUT2D eigenvalue weighted by molar-refractivity contribution is -0.139. The molecule has 2 amide bonds. The van der Waals surface area contributed by atoms with E-state index in [1.807, 2.05) is 30.3 Å². The minimum absolute atomic E-state index is 0.00723.